The number of thiophene rings is 1. The molecule has 0 radical (unpaired) electrons. The first kappa shape index (κ1) is 23.0. The van der Waals surface area contributed by atoms with E-state index in [-0.39, 0.29) is 43.5 Å². The van der Waals surface area contributed by atoms with Gasteiger partial charge in [0.15, 0.2) is 0 Å². The summed E-state index contributed by atoms with van der Waals surface area (Å²) in [5.74, 6) is -1.36. The minimum absolute atomic E-state index is 0.0247. The zero-order chi connectivity index (χ0) is 24.7. The Labute approximate surface area is 193 Å². The molecule has 3 N–H and O–H groups in total. The van der Waals surface area contributed by atoms with Crippen LogP contribution in [0.1, 0.15) is 40.5 Å². The quantitative estimate of drug-likeness (QED) is 0.290. The molecule has 2 amide bonds. The van der Waals surface area contributed by atoms with Gasteiger partial charge in [-0.3, -0.25) is 24.4 Å². The lowest BCUT2D eigenvalue weighted by molar-refractivity contribution is -0.385. The highest BCUT2D eigenvalue weighted by molar-refractivity contribution is 7.21. The lowest BCUT2D eigenvalue weighted by Crippen LogP contribution is -2.26. The van der Waals surface area contributed by atoms with Gasteiger partial charge in [0.05, 0.1) is 16.9 Å². The molecular formula is C20H16F2N6O5S. The predicted molar refractivity (Wildman–Crippen MR) is 118 cm³/mol. The van der Waals surface area contributed by atoms with Crippen molar-refractivity contribution >= 4 is 44.7 Å². The van der Waals surface area contributed by atoms with E-state index in [1.165, 1.54) is 26.2 Å². The molecule has 0 saturated heterocycles. The van der Waals surface area contributed by atoms with Gasteiger partial charge in [-0.2, -0.15) is 5.10 Å². The number of carbonyl (C=O) groups is 2. The van der Waals surface area contributed by atoms with E-state index in [9.17, 15) is 28.5 Å². The zero-order valence-electron chi connectivity index (χ0n) is 17.6. The largest absolute Gasteiger partial charge is 0.464 e. The van der Waals surface area contributed by atoms with E-state index in [4.69, 9.17) is 10.2 Å². The summed E-state index contributed by atoms with van der Waals surface area (Å²) >= 11 is 0.749. The fourth-order valence-corrected chi connectivity index (χ4v) is 4.49. The molecule has 1 unspecified atom stereocenters. The van der Waals surface area contributed by atoms with Gasteiger partial charge in [0.2, 0.25) is 5.91 Å². The van der Waals surface area contributed by atoms with Crippen molar-refractivity contribution in [2.75, 3.05) is 5.32 Å². The van der Waals surface area contributed by atoms with E-state index in [2.05, 4.69) is 15.4 Å². The molecule has 0 bridgehead atoms. The molecule has 4 rings (SSSR count). The highest BCUT2D eigenvalue weighted by atomic mass is 32.1. The fourth-order valence-electron chi connectivity index (χ4n) is 3.47. The molecule has 176 valence electrons. The topological polar surface area (TPSA) is 159 Å². The maximum Gasteiger partial charge on any atom is 0.309 e. The van der Waals surface area contributed by atoms with Crippen LogP contribution in [0.25, 0.3) is 21.5 Å². The summed E-state index contributed by atoms with van der Waals surface area (Å²) in [6.45, 7) is 2.90. The standard InChI is InChI=1S/C20H16F2N6O5S/c1-8-12(28(31)32)7-24-27(8)9(2)19(30)26-15-14-10(13-4-3-5-33-13)6-11(17(21)22)25-20(14)34-16(15)18(23)29/h3-7,9,17H,1-2H3,(H2,23,29)(H,26,30). The van der Waals surface area contributed by atoms with E-state index in [0.29, 0.717) is 0 Å². The molecule has 4 aromatic heterocycles. The molecular weight excluding hydrogens is 474 g/mol. The van der Waals surface area contributed by atoms with Crippen LogP contribution in [0.4, 0.5) is 20.2 Å². The second-order valence-corrected chi connectivity index (χ2v) is 8.20. The molecule has 0 aliphatic carbocycles. The molecule has 4 heterocycles. The number of carbonyl (C=O) groups excluding carboxylic acids is 2. The predicted octanol–water partition coefficient (Wildman–Crippen LogP) is 4.21. The average molecular weight is 490 g/mol. The van der Waals surface area contributed by atoms with Gasteiger partial charge < -0.3 is 15.5 Å². The first-order valence-corrected chi connectivity index (χ1v) is 10.5. The second kappa shape index (κ2) is 8.62. The SMILES string of the molecule is Cc1c([N+](=O)[O-])cnn1C(C)C(=O)Nc1c(C(N)=O)sc2nc(C(F)F)cc(-c3ccco3)c12. The van der Waals surface area contributed by atoms with Gasteiger partial charge in [-0.05, 0) is 32.0 Å². The molecule has 1 atom stereocenters. The highest BCUT2D eigenvalue weighted by Gasteiger charge is 2.29. The molecule has 34 heavy (non-hydrogen) atoms. The Morgan fingerprint density at radius 3 is 2.68 bits per heavy atom. The van der Waals surface area contributed by atoms with Crippen molar-refractivity contribution in [2.45, 2.75) is 26.3 Å². The third kappa shape index (κ3) is 3.87. The van der Waals surface area contributed by atoms with Crippen LogP contribution in [0.15, 0.2) is 35.1 Å². The van der Waals surface area contributed by atoms with Crippen molar-refractivity contribution < 1.29 is 27.7 Å². The van der Waals surface area contributed by atoms with Crippen molar-refractivity contribution in [3.63, 3.8) is 0 Å². The third-order valence-electron chi connectivity index (χ3n) is 5.13. The molecule has 0 aliphatic rings. The summed E-state index contributed by atoms with van der Waals surface area (Å²) in [4.78, 5) is 39.6. The summed E-state index contributed by atoms with van der Waals surface area (Å²) in [5.41, 5.74) is 5.00. The number of pyridine rings is 1. The number of aromatic nitrogens is 3. The Hall–Kier alpha value is -4.20. The number of nitrogens with one attached hydrogen (secondary N) is 1. The number of primary amides is 1. The Morgan fingerprint density at radius 2 is 2.12 bits per heavy atom. The van der Waals surface area contributed by atoms with Gasteiger partial charge in [0.1, 0.15) is 39.1 Å². The summed E-state index contributed by atoms with van der Waals surface area (Å²) < 4.78 is 33.5. The number of furan rings is 1. The van der Waals surface area contributed by atoms with Gasteiger partial charge in [-0.1, -0.05) is 0 Å². The smallest absolute Gasteiger partial charge is 0.309 e. The zero-order valence-corrected chi connectivity index (χ0v) is 18.4. The Bertz CT molecular complexity index is 1430. The Kier molecular flexibility index (Phi) is 5.83. The molecule has 0 aromatic carbocycles. The monoisotopic (exact) mass is 490 g/mol. The number of nitrogens with zero attached hydrogens (tertiary/aromatic N) is 4. The number of anilines is 1. The van der Waals surface area contributed by atoms with Gasteiger partial charge in [-0.25, -0.2) is 13.8 Å². The van der Waals surface area contributed by atoms with Gasteiger partial charge in [0.25, 0.3) is 12.3 Å². The van der Waals surface area contributed by atoms with E-state index in [1.54, 1.807) is 6.07 Å². The van der Waals surface area contributed by atoms with Crippen molar-refractivity contribution in [2.24, 2.45) is 5.73 Å². The maximum atomic E-state index is 13.5. The molecule has 4 aromatic rings. The van der Waals surface area contributed by atoms with Crippen molar-refractivity contribution in [1.29, 1.82) is 0 Å². The molecule has 0 spiro atoms. The third-order valence-corrected chi connectivity index (χ3v) is 6.22. The lowest BCUT2D eigenvalue weighted by Gasteiger charge is -2.15. The van der Waals surface area contributed by atoms with Gasteiger partial charge >= 0.3 is 5.69 Å². The van der Waals surface area contributed by atoms with Crippen LogP contribution >= 0.6 is 11.3 Å². The van der Waals surface area contributed by atoms with Crippen molar-refractivity contribution in [3.8, 4) is 11.3 Å². The van der Waals surface area contributed by atoms with Crippen LogP contribution in [0.2, 0.25) is 0 Å². The van der Waals surface area contributed by atoms with E-state index in [0.717, 1.165) is 28.3 Å². The maximum absolute atomic E-state index is 13.5. The summed E-state index contributed by atoms with van der Waals surface area (Å²) in [7, 11) is 0. The van der Waals surface area contributed by atoms with Crippen LogP contribution in [-0.2, 0) is 4.79 Å². The van der Waals surface area contributed by atoms with Crippen LogP contribution in [0.5, 0.6) is 0 Å². The van der Waals surface area contributed by atoms with Crippen LogP contribution in [-0.4, -0.2) is 31.5 Å². The minimum atomic E-state index is -2.89. The Morgan fingerprint density at radius 1 is 1.38 bits per heavy atom. The van der Waals surface area contributed by atoms with E-state index < -0.39 is 34.9 Å². The number of halogens is 2. The molecule has 0 saturated carbocycles. The van der Waals surface area contributed by atoms with Crippen LogP contribution in [0.3, 0.4) is 0 Å². The number of nitrogens with two attached hydrogens (primary N) is 1. The molecule has 0 fully saturated rings. The van der Waals surface area contributed by atoms with Crippen molar-refractivity contribution in [1.82, 2.24) is 14.8 Å². The number of alkyl halides is 2. The first-order valence-electron chi connectivity index (χ1n) is 9.68. The Balaban J connectivity index is 1.84. The summed E-state index contributed by atoms with van der Waals surface area (Å²) in [6, 6.07) is 3.18. The summed E-state index contributed by atoms with van der Waals surface area (Å²) in [6.07, 6.45) is -0.522. The average Bonchev–Trinajstić information content (AvgIpc) is 3.51. The number of nitro groups is 1. The normalized spacial score (nSPS) is 12.3. The van der Waals surface area contributed by atoms with Crippen LogP contribution in [0, 0.1) is 17.0 Å². The number of hydrogen-bond donors (Lipinski definition) is 2. The fraction of sp³-hybridized carbons (Fsp3) is 0.200. The number of fused-ring (bicyclic) bond motifs is 1. The summed E-state index contributed by atoms with van der Waals surface area (Å²) in [5, 5.41) is 17.8. The molecule has 11 nitrogen and oxygen atoms in total. The van der Waals surface area contributed by atoms with Gasteiger partial charge in [-0.15, -0.1) is 11.3 Å². The van der Waals surface area contributed by atoms with Gasteiger partial charge in [0, 0.05) is 10.9 Å². The number of hydrogen-bond acceptors (Lipinski definition) is 8. The number of amides is 2. The molecule has 0 aliphatic heterocycles. The van der Waals surface area contributed by atoms with Crippen molar-refractivity contribution in [3.05, 3.63) is 57.0 Å². The number of rotatable bonds is 7. The van der Waals surface area contributed by atoms with E-state index in [1.807, 2.05) is 0 Å². The lowest BCUT2D eigenvalue weighted by atomic mass is 10.1. The van der Waals surface area contributed by atoms with E-state index >= 15 is 0 Å². The first-order chi connectivity index (χ1) is 16.1. The van der Waals surface area contributed by atoms with Crippen LogP contribution < -0.4 is 11.1 Å². The highest BCUT2D eigenvalue weighted by Crippen LogP contribution is 2.42. The molecule has 14 heteroatoms. The second-order valence-electron chi connectivity index (χ2n) is 7.21. The minimum Gasteiger partial charge on any atom is -0.464 e.